The highest BCUT2D eigenvalue weighted by Crippen LogP contribution is 2.37. The molecular weight excluding hydrogens is 421 g/mol. The Hall–Kier alpha value is -2.33. The largest absolute Gasteiger partial charge is 0.508 e. The number of rotatable bonds is 8. The lowest BCUT2D eigenvalue weighted by atomic mass is 10.0. The SMILES string of the molecule is C=C/C=C(/CCCc1cccc(/C=C/c2ccc3sc(Cl)c(Cl)c3n2)c1)C(=C)O. The number of pyridine rings is 1. The van der Waals surface area contributed by atoms with E-state index < -0.39 is 0 Å². The fourth-order valence-electron chi connectivity index (χ4n) is 3.01. The Labute approximate surface area is 185 Å². The molecule has 0 atom stereocenters. The summed E-state index contributed by atoms with van der Waals surface area (Å²) in [6, 6.07) is 12.3. The lowest BCUT2D eigenvalue weighted by Crippen LogP contribution is -1.91. The number of allylic oxidation sites excluding steroid dienone is 3. The van der Waals surface area contributed by atoms with E-state index in [-0.39, 0.29) is 5.76 Å². The number of fused-ring (bicyclic) bond motifs is 1. The number of aliphatic hydroxyl groups is 1. The van der Waals surface area contributed by atoms with Gasteiger partial charge in [-0.1, -0.05) is 78.9 Å². The molecule has 148 valence electrons. The van der Waals surface area contributed by atoms with E-state index in [2.05, 4.69) is 36.3 Å². The van der Waals surface area contributed by atoms with Crippen LogP contribution in [0.1, 0.15) is 29.7 Å². The minimum Gasteiger partial charge on any atom is -0.508 e. The van der Waals surface area contributed by atoms with Crippen LogP contribution in [0.2, 0.25) is 9.36 Å². The Kier molecular flexibility index (Phi) is 7.32. The van der Waals surface area contributed by atoms with Gasteiger partial charge in [-0.05, 0) is 54.2 Å². The van der Waals surface area contributed by atoms with Crippen molar-refractivity contribution in [1.82, 2.24) is 4.98 Å². The van der Waals surface area contributed by atoms with Crippen LogP contribution in [0.5, 0.6) is 0 Å². The summed E-state index contributed by atoms with van der Waals surface area (Å²) in [6.45, 7) is 7.28. The number of hydrogen-bond donors (Lipinski definition) is 1. The zero-order chi connectivity index (χ0) is 20.8. The molecule has 0 aliphatic carbocycles. The van der Waals surface area contributed by atoms with E-state index in [0.29, 0.717) is 9.36 Å². The van der Waals surface area contributed by atoms with Crippen molar-refractivity contribution in [1.29, 1.82) is 0 Å². The Bertz CT molecular complexity index is 1110. The molecule has 0 spiro atoms. The number of thiophene rings is 1. The van der Waals surface area contributed by atoms with E-state index in [1.54, 1.807) is 12.2 Å². The van der Waals surface area contributed by atoms with Crippen molar-refractivity contribution in [2.45, 2.75) is 19.3 Å². The van der Waals surface area contributed by atoms with Gasteiger partial charge in [-0.25, -0.2) is 4.98 Å². The smallest absolute Gasteiger partial charge is 0.114 e. The number of hydrogen-bond acceptors (Lipinski definition) is 3. The maximum absolute atomic E-state index is 9.61. The highest BCUT2D eigenvalue weighted by molar-refractivity contribution is 7.23. The second-order valence-electron chi connectivity index (χ2n) is 6.58. The predicted molar refractivity (Wildman–Crippen MR) is 128 cm³/mol. The zero-order valence-electron chi connectivity index (χ0n) is 15.9. The second kappa shape index (κ2) is 9.93. The van der Waals surface area contributed by atoms with Gasteiger partial charge in [0.15, 0.2) is 0 Å². The average Bonchev–Trinajstić information content (AvgIpc) is 2.99. The van der Waals surface area contributed by atoms with E-state index in [9.17, 15) is 5.11 Å². The first-order valence-corrected chi connectivity index (χ1v) is 10.8. The predicted octanol–water partition coefficient (Wildman–Crippen LogP) is 8.28. The fourth-order valence-corrected chi connectivity index (χ4v) is 4.43. The molecule has 1 aromatic carbocycles. The zero-order valence-corrected chi connectivity index (χ0v) is 18.2. The molecular formula is C24H21Cl2NOS. The van der Waals surface area contributed by atoms with Crippen molar-refractivity contribution in [3.05, 3.63) is 99.2 Å². The van der Waals surface area contributed by atoms with Crippen LogP contribution in [-0.4, -0.2) is 10.1 Å². The van der Waals surface area contributed by atoms with Crippen molar-refractivity contribution in [2.75, 3.05) is 0 Å². The normalized spacial score (nSPS) is 12.0. The van der Waals surface area contributed by atoms with Crippen molar-refractivity contribution in [3.63, 3.8) is 0 Å². The van der Waals surface area contributed by atoms with Crippen molar-refractivity contribution in [3.8, 4) is 0 Å². The lowest BCUT2D eigenvalue weighted by molar-refractivity contribution is 0.420. The van der Waals surface area contributed by atoms with E-state index >= 15 is 0 Å². The number of aliphatic hydroxyl groups excluding tert-OH is 1. The molecule has 5 heteroatoms. The summed E-state index contributed by atoms with van der Waals surface area (Å²) in [5.41, 5.74) is 4.74. The van der Waals surface area contributed by atoms with Gasteiger partial charge in [-0.3, -0.25) is 0 Å². The maximum atomic E-state index is 9.61. The Balaban J connectivity index is 1.68. The third-order valence-corrected chi connectivity index (χ3v) is 6.39. The number of aryl methyl sites for hydroxylation is 1. The van der Waals surface area contributed by atoms with Crippen LogP contribution in [0.25, 0.3) is 22.4 Å². The van der Waals surface area contributed by atoms with Crippen LogP contribution in [0.15, 0.2) is 73.0 Å². The summed E-state index contributed by atoms with van der Waals surface area (Å²) in [4.78, 5) is 4.60. The molecule has 0 bridgehead atoms. The Morgan fingerprint density at radius 1 is 1.17 bits per heavy atom. The van der Waals surface area contributed by atoms with E-state index in [4.69, 9.17) is 23.2 Å². The van der Waals surface area contributed by atoms with Crippen LogP contribution in [-0.2, 0) is 6.42 Å². The van der Waals surface area contributed by atoms with Gasteiger partial charge in [-0.15, -0.1) is 11.3 Å². The van der Waals surface area contributed by atoms with Crippen LogP contribution in [0, 0.1) is 0 Å². The molecule has 3 rings (SSSR count). The standard InChI is InChI=1S/C24H21Cl2NOS/c1-3-6-19(16(2)28)10-5-9-17-7-4-8-18(15-17)11-12-20-13-14-21-23(27-20)22(25)24(26)29-21/h3-4,6-8,11-15,28H,1-2,5,9-10H2/b12-11+,19-6-. The minimum atomic E-state index is 0.109. The van der Waals surface area contributed by atoms with Crippen LogP contribution >= 0.6 is 34.5 Å². The molecule has 0 radical (unpaired) electrons. The molecule has 1 N–H and O–H groups in total. The van der Waals surface area contributed by atoms with E-state index in [1.165, 1.54) is 16.9 Å². The van der Waals surface area contributed by atoms with Crippen molar-refractivity contribution < 1.29 is 5.11 Å². The molecule has 0 unspecified atom stereocenters. The van der Waals surface area contributed by atoms with Gasteiger partial charge >= 0.3 is 0 Å². The molecule has 0 aliphatic rings. The molecule has 3 aromatic rings. The van der Waals surface area contributed by atoms with Gasteiger partial charge < -0.3 is 5.11 Å². The highest BCUT2D eigenvalue weighted by atomic mass is 35.5. The van der Waals surface area contributed by atoms with Crippen molar-refractivity contribution >= 4 is 56.9 Å². The molecule has 0 saturated heterocycles. The third-order valence-electron chi connectivity index (χ3n) is 4.46. The van der Waals surface area contributed by atoms with Crippen LogP contribution in [0.4, 0.5) is 0 Å². The van der Waals surface area contributed by atoms with E-state index in [1.807, 2.05) is 30.4 Å². The summed E-state index contributed by atoms with van der Waals surface area (Å²) in [5, 5.41) is 10.1. The monoisotopic (exact) mass is 441 g/mol. The summed E-state index contributed by atoms with van der Waals surface area (Å²) in [5.74, 6) is 0.109. The lowest BCUT2D eigenvalue weighted by Gasteiger charge is -2.06. The first kappa shape index (κ1) is 21.4. The molecule has 0 aliphatic heterocycles. The molecule has 29 heavy (non-hydrogen) atoms. The summed E-state index contributed by atoms with van der Waals surface area (Å²) >= 11 is 13.7. The molecule has 2 aromatic heterocycles. The molecule has 0 fully saturated rings. The molecule has 0 saturated carbocycles. The second-order valence-corrected chi connectivity index (χ2v) is 8.61. The number of nitrogens with zero attached hydrogens (tertiary/aromatic N) is 1. The van der Waals surface area contributed by atoms with E-state index in [0.717, 1.165) is 46.3 Å². The molecule has 2 nitrogen and oxygen atoms in total. The molecule has 2 heterocycles. The number of aromatic nitrogens is 1. The van der Waals surface area contributed by atoms with Gasteiger partial charge in [-0.2, -0.15) is 0 Å². The van der Waals surface area contributed by atoms with Crippen LogP contribution in [0.3, 0.4) is 0 Å². The number of halogens is 2. The Morgan fingerprint density at radius 3 is 2.76 bits per heavy atom. The van der Waals surface area contributed by atoms with Gasteiger partial charge in [0.25, 0.3) is 0 Å². The maximum Gasteiger partial charge on any atom is 0.114 e. The molecule has 0 amide bonds. The third kappa shape index (κ3) is 5.60. The number of benzene rings is 1. The quantitative estimate of drug-likeness (QED) is 0.281. The van der Waals surface area contributed by atoms with Crippen molar-refractivity contribution in [2.24, 2.45) is 0 Å². The minimum absolute atomic E-state index is 0.109. The Morgan fingerprint density at radius 2 is 2.00 bits per heavy atom. The highest BCUT2D eigenvalue weighted by Gasteiger charge is 2.09. The summed E-state index contributed by atoms with van der Waals surface area (Å²) in [6.07, 6.45) is 10.1. The van der Waals surface area contributed by atoms with Gasteiger partial charge in [0.1, 0.15) is 15.6 Å². The fraction of sp³-hybridized carbons (Fsp3) is 0.125. The topological polar surface area (TPSA) is 33.1 Å². The van der Waals surface area contributed by atoms with Crippen LogP contribution < -0.4 is 0 Å². The van der Waals surface area contributed by atoms with Gasteiger partial charge in [0, 0.05) is 0 Å². The van der Waals surface area contributed by atoms with Gasteiger partial charge in [0.2, 0.25) is 0 Å². The average molecular weight is 442 g/mol. The van der Waals surface area contributed by atoms with Gasteiger partial charge in [0.05, 0.1) is 15.4 Å². The first-order valence-electron chi connectivity index (χ1n) is 9.19. The first-order chi connectivity index (χ1) is 14.0. The summed E-state index contributed by atoms with van der Waals surface area (Å²) in [7, 11) is 0. The summed E-state index contributed by atoms with van der Waals surface area (Å²) < 4.78 is 1.55.